The average molecular weight is 289 g/mol. The highest BCUT2D eigenvalue weighted by atomic mass is 16.5. The van der Waals surface area contributed by atoms with Gasteiger partial charge in [0.1, 0.15) is 5.75 Å². The number of benzene rings is 1. The Balaban J connectivity index is 1.63. The van der Waals surface area contributed by atoms with Crippen molar-refractivity contribution in [2.24, 2.45) is 5.92 Å². The van der Waals surface area contributed by atoms with E-state index in [2.05, 4.69) is 0 Å². The molecule has 1 heterocycles. The molecule has 1 aliphatic heterocycles. The molecule has 1 saturated carbocycles. The number of carbonyl (C=O) groups excluding carboxylic acids is 1. The summed E-state index contributed by atoms with van der Waals surface area (Å²) in [5.74, 6) is 1.33. The first-order valence-electron chi connectivity index (χ1n) is 7.78. The number of aliphatic hydroxyl groups is 1. The fourth-order valence-electron chi connectivity index (χ4n) is 3.20. The summed E-state index contributed by atoms with van der Waals surface area (Å²) >= 11 is 0. The lowest BCUT2D eigenvalue weighted by Crippen LogP contribution is -2.48. The zero-order valence-electron chi connectivity index (χ0n) is 12.5. The summed E-state index contributed by atoms with van der Waals surface area (Å²) in [6, 6.07) is 7.59. The van der Waals surface area contributed by atoms with E-state index in [0.717, 1.165) is 24.2 Å². The third-order valence-corrected chi connectivity index (χ3v) is 4.98. The molecule has 4 nitrogen and oxygen atoms in total. The van der Waals surface area contributed by atoms with Gasteiger partial charge in [0, 0.05) is 19.0 Å². The van der Waals surface area contributed by atoms with Crippen LogP contribution in [0.3, 0.4) is 0 Å². The first-order valence-corrected chi connectivity index (χ1v) is 7.78. The first kappa shape index (κ1) is 14.4. The van der Waals surface area contributed by atoms with Crippen LogP contribution >= 0.6 is 0 Å². The molecule has 1 aromatic rings. The van der Waals surface area contributed by atoms with Crippen LogP contribution in [0.4, 0.5) is 0 Å². The maximum Gasteiger partial charge on any atom is 0.225 e. The van der Waals surface area contributed by atoms with Gasteiger partial charge >= 0.3 is 0 Å². The van der Waals surface area contributed by atoms with Crippen LogP contribution in [0.25, 0.3) is 0 Å². The number of likely N-dealkylation sites (tertiary alicyclic amines) is 1. The second-order valence-electron chi connectivity index (χ2n) is 6.21. The second-order valence-corrected chi connectivity index (χ2v) is 6.21. The minimum absolute atomic E-state index is 0.247. The summed E-state index contributed by atoms with van der Waals surface area (Å²) in [6.07, 6.45) is 4.48. The predicted molar refractivity (Wildman–Crippen MR) is 80.0 cm³/mol. The van der Waals surface area contributed by atoms with Gasteiger partial charge in [-0.2, -0.15) is 0 Å². The lowest BCUT2D eigenvalue weighted by atomic mass is 9.81. The molecule has 0 bridgehead atoms. The molecule has 0 aromatic heterocycles. The Morgan fingerprint density at radius 2 is 1.86 bits per heavy atom. The number of ether oxygens (including phenoxy) is 1. The third kappa shape index (κ3) is 2.77. The van der Waals surface area contributed by atoms with Crippen molar-refractivity contribution in [3.63, 3.8) is 0 Å². The molecule has 1 N–H and O–H groups in total. The number of nitrogens with zero attached hydrogens (tertiary/aromatic N) is 1. The summed E-state index contributed by atoms with van der Waals surface area (Å²) < 4.78 is 5.15. The molecule has 114 valence electrons. The Labute approximate surface area is 125 Å². The minimum Gasteiger partial charge on any atom is -0.497 e. The molecular weight excluding hydrogens is 266 g/mol. The first-order chi connectivity index (χ1) is 10.1. The Bertz CT molecular complexity index is 499. The van der Waals surface area contributed by atoms with Crippen LogP contribution < -0.4 is 4.74 Å². The van der Waals surface area contributed by atoms with Crippen molar-refractivity contribution in [1.29, 1.82) is 0 Å². The molecule has 1 aliphatic carbocycles. The number of piperidine rings is 1. The van der Waals surface area contributed by atoms with Gasteiger partial charge in [0.05, 0.1) is 12.7 Å². The normalized spacial score (nSPS) is 21.7. The monoisotopic (exact) mass is 289 g/mol. The van der Waals surface area contributed by atoms with Crippen molar-refractivity contribution in [3.05, 3.63) is 29.8 Å². The summed E-state index contributed by atoms with van der Waals surface area (Å²) in [7, 11) is 1.63. The third-order valence-electron chi connectivity index (χ3n) is 4.98. The van der Waals surface area contributed by atoms with Gasteiger partial charge in [0.25, 0.3) is 0 Å². The highest BCUT2D eigenvalue weighted by Crippen LogP contribution is 2.35. The van der Waals surface area contributed by atoms with Crippen LogP contribution in [0.2, 0.25) is 0 Å². The molecule has 0 radical (unpaired) electrons. The molecule has 1 aromatic carbocycles. The van der Waals surface area contributed by atoms with E-state index in [1.54, 1.807) is 7.11 Å². The Morgan fingerprint density at radius 3 is 2.33 bits per heavy atom. The molecule has 0 unspecified atom stereocenters. The molecule has 0 spiro atoms. The van der Waals surface area contributed by atoms with E-state index in [9.17, 15) is 9.90 Å². The number of rotatable bonds is 3. The van der Waals surface area contributed by atoms with Gasteiger partial charge in [-0.3, -0.25) is 4.79 Å². The fraction of sp³-hybridized carbons (Fsp3) is 0.588. The number of methoxy groups -OCH3 is 1. The van der Waals surface area contributed by atoms with E-state index in [0.29, 0.717) is 25.9 Å². The molecule has 1 saturated heterocycles. The van der Waals surface area contributed by atoms with Crippen molar-refractivity contribution in [2.45, 2.75) is 37.7 Å². The van der Waals surface area contributed by atoms with E-state index in [4.69, 9.17) is 4.74 Å². The van der Waals surface area contributed by atoms with Crippen LogP contribution in [0.15, 0.2) is 24.3 Å². The van der Waals surface area contributed by atoms with E-state index in [-0.39, 0.29) is 11.8 Å². The summed E-state index contributed by atoms with van der Waals surface area (Å²) in [4.78, 5) is 14.2. The number of amides is 1. The quantitative estimate of drug-likeness (QED) is 0.929. The molecule has 1 amide bonds. The van der Waals surface area contributed by atoms with Crippen molar-refractivity contribution in [1.82, 2.24) is 4.90 Å². The maximum atomic E-state index is 12.2. The summed E-state index contributed by atoms with van der Waals surface area (Å²) in [5.41, 5.74) is 0.0990. The standard InChI is InChI=1S/C17H23NO3/c1-21-15-7-5-14(6-8-15)17(20)9-11-18(12-10-17)16(19)13-3-2-4-13/h5-8,13,20H,2-4,9-12H2,1H3. The highest BCUT2D eigenvalue weighted by molar-refractivity contribution is 5.79. The predicted octanol–water partition coefficient (Wildman–Crippen LogP) is 2.31. The van der Waals surface area contributed by atoms with E-state index in [1.807, 2.05) is 29.2 Å². The molecule has 0 atom stereocenters. The van der Waals surface area contributed by atoms with E-state index < -0.39 is 5.60 Å². The highest BCUT2D eigenvalue weighted by Gasteiger charge is 2.38. The Hall–Kier alpha value is -1.55. The van der Waals surface area contributed by atoms with Gasteiger partial charge in [-0.1, -0.05) is 18.6 Å². The van der Waals surface area contributed by atoms with Crippen molar-refractivity contribution in [3.8, 4) is 5.75 Å². The number of hydrogen-bond donors (Lipinski definition) is 1. The number of hydrogen-bond acceptors (Lipinski definition) is 3. The van der Waals surface area contributed by atoms with Crippen molar-refractivity contribution in [2.75, 3.05) is 20.2 Å². The molecule has 21 heavy (non-hydrogen) atoms. The minimum atomic E-state index is -0.817. The zero-order valence-corrected chi connectivity index (χ0v) is 12.5. The Kier molecular flexibility index (Phi) is 3.89. The van der Waals surface area contributed by atoms with Gasteiger partial charge < -0.3 is 14.7 Å². The number of carbonyl (C=O) groups is 1. The summed E-state index contributed by atoms with van der Waals surface area (Å²) in [5, 5.41) is 10.8. The van der Waals surface area contributed by atoms with E-state index >= 15 is 0 Å². The van der Waals surface area contributed by atoms with Crippen LogP contribution in [-0.4, -0.2) is 36.1 Å². The van der Waals surface area contributed by atoms with Crippen LogP contribution in [0.5, 0.6) is 5.75 Å². The zero-order chi connectivity index (χ0) is 14.9. The van der Waals surface area contributed by atoms with Gasteiger partial charge in [0.2, 0.25) is 5.91 Å². The van der Waals surface area contributed by atoms with Gasteiger partial charge in [-0.05, 0) is 43.4 Å². The average Bonchev–Trinajstić information content (AvgIpc) is 2.46. The van der Waals surface area contributed by atoms with Gasteiger partial charge in [-0.15, -0.1) is 0 Å². The maximum absolute atomic E-state index is 12.2. The lowest BCUT2D eigenvalue weighted by Gasteiger charge is -2.41. The van der Waals surface area contributed by atoms with Crippen LogP contribution in [0.1, 0.15) is 37.7 Å². The molecule has 3 rings (SSSR count). The second kappa shape index (κ2) is 5.68. The summed E-state index contributed by atoms with van der Waals surface area (Å²) in [6.45, 7) is 1.30. The molecular formula is C17H23NO3. The topological polar surface area (TPSA) is 49.8 Å². The van der Waals surface area contributed by atoms with E-state index in [1.165, 1.54) is 6.42 Å². The van der Waals surface area contributed by atoms with Gasteiger partial charge in [0.15, 0.2) is 0 Å². The SMILES string of the molecule is COc1ccc(C2(O)CCN(C(=O)C3CCC3)CC2)cc1. The van der Waals surface area contributed by atoms with Gasteiger partial charge in [-0.25, -0.2) is 0 Å². The van der Waals surface area contributed by atoms with Crippen molar-refractivity contribution >= 4 is 5.91 Å². The molecule has 2 aliphatic rings. The molecule has 2 fully saturated rings. The lowest BCUT2D eigenvalue weighted by molar-refractivity contribution is -0.142. The fourth-order valence-corrected chi connectivity index (χ4v) is 3.20. The largest absolute Gasteiger partial charge is 0.497 e. The molecule has 4 heteroatoms. The van der Waals surface area contributed by atoms with Crippen molar-refractivity contribution < 1.29 is 14.6 Å². The van der Waals surface area contributed by atoms with Crippen LogP contribution in [0, 0.1) is 5.92 Å². The smallest absolute Gasteiger partial charge is 0.225 e. The van der Waals surface area contributed by atoms with Crippen LogP contribution in [-0.2, 0) is 10.4 Å². The Morgan fingerprint density at radius 1 is 1.24 bits per heavy atom.